The predicted octanol–water partition coefficient (Wildman–Crippen LogP) is 3.92. The Morgan fingerprint density at radius 1 is 1.06 bits per heavy atom. The van der Waals surface area contributed by atoms with Gasteiger partial charge in [0, 0.05) is 18.5 Å². The van der Waals surface area contributed by atoms with Gasteiger partial charge in [0.2, 0.25) is 5.95 Å². The molecule has 178 valence electrons. The second kappa shape index (κ2) is 9.06. The maximum atomic E-state index is 13.5. The summed E-state index contributed by atoms with van der Waals surface area (Å²) in [5, 5.41) is 13.8. The Labute approximate surface area is 200 Å². The van der Waals surface area contributed by atoms with E-state index in [2.05, 4.69) is 5.32 Å². The predicted molar refractivity (Wildman–Crippen MR) is 133 cm³/mol. The number of benzene rings is 2. The average molecular weight is 461 g/mol. The van der Waals surface area contributed by atoms with Crippen LogP contribution in [0, 0.1) is 13.8 Å². The van der Waals surface area contributed by atoms with E-state index in [1.165, 1.54) is 11.5 Å². The van der Waals surface area contributed by atoms with Crippen molar-refractivity contribution in [3.05, 3.63) is 92.4 Å². The zero-order valence-corrected chi connectivity index (χ0v) is 20.4. The Hall–Kier alpha value is -3.45. The Morgan fingerprint density at radius 2 is 1.65 bits per heavy atom. The lowest BCUT2D eigenvalue weighted by Gasteiger charge is -2.32. The number of anilines is 1. The third kappa shape index (κ3) is 4.61. The maximum Gasteiger partial charge on any atom is 0.262 e. The van der Waals surface area contributed by atoms with E-state index in [4.69, 9.17) is 4.98 Å². The van der Waals surface area contributed by atoms with Crippen LogP contribution in [0.5, 0.6) is 0 Å². The van der Waals surface area contributed by atoms with Crippen molar-refractivity contribution in [1.82, 2.24) is 14.5 Å². The summed E-state index contributed by atoms with van der Waals surface area (Å²) in [5.74, 6) is 0.207. The van der Waals surface area contributed by atoms with Gasteiger partial charge in [0.15, 0.2) is 0 Å². The summed E-state index contributed by atoms with van der Waals surface area (Å²) in [6.07, 6.45) is -0.604. The molecule has 1 aliphatic heterocycles. The van der Waals surface area contributed by atoms with E-state index in [0.29, 0.717) is 35.7 Å². The quantitative estimate of drug-likeness (QED) is 0.603. The van der Waals surface area contributed by atoms with Crippen LogP contribution >= 0.6 is 0 Å². The molecule has 2 N–H and O–H groups in total. The van der Waals surface area contributed by atoms with Crippen LogP contribution < -0.4 is 10.9 Å². The third-order valence-electron chi connectivity index (χ3n) is 6.42. The zero-order valence-electron chi connectivity index (χ0n) is 20.4. The van der Waals surface area contributed by atoms with Crippen molar-refractivity contribution in [2.24, 2.45) is 0 Å². The fourth-order valence-electron chi connectivity index (χ4n) is 4.30. The summed E-state index contributed by atoms with van der Waals surface area (Å²) in [4.78, 5) is 32.9. The molecular formula is C27H32N4O3. The molecule has 7 heteroatoms. The topological polar surface area (TPSA) is 87.5 Å². The van der Waals surface area contributed by atoms with E-state index in [1.54, 1.807) is 17.0 Å². The minimum atomic E-state index is -1.08. The van der Waals surface area contributed by atoms with E-state index in [1.807, 2.05) is 64.1 Å². The van der Waals surface area contributed by atoms with Crippen LogP contribution in [0.25, 0.3) is 0 Å². The molecule has 0 spiro atoms. The highest BCUT2D eigenvalue weighted by Gasteiger charge is 2.30. The minimum Gasteiger partial charge on any atom is -0.373 e. The number of aryl methyl sites for hydroxylation is 2. The summed E-state index contributed by atoms with van der Waals surface area (Å²) < 4.78 is 1.27. The largest absolute Gasteiger partial charge is 0.373 e. The molecule has 1 aliphatic rings. The first-order valence-corrected chi connectivity index (χ1v) is 11.6. The molecule has 1 atom stereocenters. The summed E-state index contributed by atoms with van der Waals surface area (Å²) in [6, 6.07) is 15.6. The molecule has 1 amide bonds. The van der Waals surface area contributed by atoms with Crippen molar-refractivity contribution in [3.63, 3.8) is 0 Å². The second-order valence-corrected chi connectivity index (χ2v) is 9.63. The molecule has 34 heavy (non-hydrogen) atoms. The minimum absolute atomic E-state index is 0.114. The molecule has 1 unspecified atom stereocenters. The summed E-state index contributed by atoms with van der Waals surface area (Å²) in [7, 11) is 0. The number of hydrogen-bond donors (Lipinski definition) is 2. The lowest BCUT2D eigenvalue weighted by molar-refractivity contribution is 0.0730. The molecule has 0 radical (unpaired) electrons. The molecule has 3 aromatic rings. The molecular weight excluding hydrogens is 428 g/mol. The number of carbonyl (C=O) groups is 1. The lowest BCUT2D eigenvalue weighted by Crippen LogP contribution is -2.43. The molecule has 0 aliphatic carbocycles. The maximum absolute atomic E-state index is 13.5. The van der Waals surface area contributed by atoms with Gasteiger partial charge >= 0.3 is 0 Å². The summed E-state index contributed by atoms with van der Waals surface area (Å²) >= 11 is 0. The van der Waals surface area contributed by atoms with Gasteiger partial charge in [0.1, 0.15) is 6.23 Å². The van der Waals surface area contributed by atoms with Gasteiger partial charge in [-0.3, -0.25) is 14.2 Å². The third-order valence-corrected chi connectivity index (χ3v) is 6.42. The Morgan fingerprint density at radius 3 is 2.24 bits per heavy atom. The molecule has 0 fully saturated rings. The number of aliphatic hydroxyl groups excluding tert-OH is 1. The highest BCUT2D eigenvalue weighted by molar-refractivity contribution is 5.94. The van der Waals surface area contributed by atoms with E-state index >= 15 is 0 Å². The van der Waals surface area contributed by atoms with Crippen LogP contribution in [0.3, 0.4) is 0 Å². The highest BCUT2D eigenvalue weighted by Crippen LogP contribution is 2.27. The lowest BCUT2D eigenvalue weighted by atomic mass is 9.93. The summed E-state index contributed by atoms with van der Waals surface area (Å²) in [6.45, 7) is 10.2. The highest BCUT2D eigenvalue weighted by atomic mass is 16.3. The van der Waals surface area contributed by atoms with Crippen molar-refractivity contribution < 1.29 is 9.90 Å². The average Bonchev–Trinajstić information content (AvgIpc) is 2.79. The molecule has 7 nitrogen and oxygen atoms in total. The number of nitrogens with zero attached hydrogens (tertiary/aromatic N) is 3. The molecule has 4 rings (SSSR count). The number of rotatable bonds is 5. The van der Waals surface area contributed by atoms with Gasteiger partial charge in [-0.05, 0) is 52.3 Å². The Bertz CT molecular complexity index is 1260. The van der Waals surface area contributed by atoms with Gasteiger partial charge < -0.3 is 15.3 Å². The van der Waals surface area contributed by atoms with E-state index in [-0.39, 0.29) is 18.0 Å². The molecule has 2 heterocycles. The SMILES string of the molecule is Cc1ccc(C(=O)N2CCc3nc(NC(C)(C)c4ccc(C)cc4)n(C(C)O)c(=O)c3C2)cc1. The number of nitrogens with one attached hydrogen (secondary N) is 1. The number of aromatic nitrogens is 2. The van der Waals surface area contributed by atoms with Gasteiger partial charge in [0.05, 0.1) is 23.3 Å². The Balaban J connectivity index is 1.67. The number of amides is 1. The van der Waals surface area contributed by atoms with Crippen LogP contribution in [-0.4, -0.2) is 32.0 Å². The van der Waals surface area contributed by atoms with Gasteiger partial charge in [-0.15, -0.1) is 0 Å². The molecule has 2 aromatic carbocycles. The van der Waals surface area contributed by atoms with Gasteiger partial charge in [-0.1, -0.05) is 47.5 Å². The van der Waals surface area contributed by atoms with E-state index < -0.39 is 11.8 Å². The second-order valence-electron chi connectivity index (χ2n) is 9.63. The standard InChI is InChI=1S/C27H32N4O3/c1-17-6-10-20(11-7-17)24(33)30-15-14-23-22(16-30)25(34)31(19(3)32)26(28-23)29-27(4,5)21-12-8-18(2)9-13-21/h6-13,19,32H,14-16H2,1-5H3,(H,28,29). The van der Waals surface area contributed by atoms with Gasteiger partial charge in [-0.2, -0.15) is 0 Å². The monoisotopic (exact) mass is 460 g/mol. The van der Waals surface area contributed by atoms with Crippen molar-refractivity contribution >= 4 is 11.9 Å². The number of fused-ring (bicyclic) bond motifs is 1. The molecule has 0 bridgehead atoms. The van der Waals surface area contributed by atoms with Crippen LogP contribution in [0.1, 0.15) is 65.3 Å². The fourth-order valence-corrected chi connectivity index (χ4v) is 4.30. The van der Waals surface area contributed by atoms with E-state index in [9.17, 15) is 14.7 Å². The normalized spacial score (nSPS) is 14.5. The molecule has 0 saturated carbocycles. The molecule has 0 saturated heterocycles. The zero-order chi connectivity index (χ0) is 24.6. The first-order chi connectivity index (χ1) is 16.1. The van der Waals surface area contributed by atoms with Crippen LogP contribution in [-0.2, 0) is 18.5 Å². The van der Waals surface area contributed by atoms with Crippen LogP contribution in [0.15, 0.2) is 53.3 Å². The summed E-state index contributed by atoms with van der Waals surface area (Å²) in [5.41, 5.74) is 4.13. The van der Waals surface area contributed by atoms with Gasteiger partial charge in [0.25, 0.3) is 11.5 Å². The van der Waals surface area contributed by atoms with Crippen molar-refractivity contribution in [1.29, 1.82) is 0 Å². The first kappa shape index (κ1) is 23.7. The first-order valence-electron chi connectivity index (χ1n) is 11.6. The van der Waals surface area contributed by atoms with Crippen LogP contribution in [0.4, 0.5) is 5.95 Å². The number of hydrogen-bond acceptors (Lipinski definition) is 5. The fraction of sp³-hybridized carbons (Fsp3) is 0.370. The van der Waals surface area contributed by atoms with E-state index in [0.717, 1.165) is 16.7 Å². The van der Waals surface area contributed by atoms with Crippen molar-refractivity contribution in [3.8, 4) is 0 Å². The van der Waals surface area contributed by atoms with Crippen LogP contribution in [0.2, 0.25) is 0 Å². The van der Waals surface area contributed by atoms with Crippen molar-refractivity contribution in [2.45, 2.75) is 59.4 Å². The number of aliphatic hydroxyl groups is 1. The Kier molecular flexibility index (Phi) is 6.32. The smallest absolute Gasteiger partial charge is 0.262 e. The van der Waals surface area contributed by atoms with Crippen molar-refractivity contribution in [2.75, 3.05) is 11.9 Å². The number of carbonyl (C=O) groups excluding carboxylic acids is 1. The van der Waals surface area contributed by atoms with Gasteiger partial charge in [-0.25, -0.2) is 4.98 Å². The molecule has 1 aromatic heterocycles.